The number of hydrogen-bond donors (Lipinski definition) is 2. The van der Waals surface area contributed by atoms with Crippen LogP contribution in [0.15, 0.2) is 84.9 Å². The van der Waals surface area contributed by atoms with E-state index in [1.807, 2.05) is 84.9 Å². The first-order chi connectivity index (χ1) is 15.5. The zero-order valence-electron chi connectivity index (χ0n) is 17.8. The second-order valence-electron chi connectivity index (χ2n) is 7.35. The molecule has 158 valence electrons. The second-order valence-corrected chi connectivity index (χ2v) is 7.35. The molecule has 4 aromatic rings. The molecule has 0 bridgehead atoms. The van der Waals surface area contributed by atoms with Crippen LogP contribution in [-0.2, 0) is 9.59 Å². The van der Waals surface area contributed by atoms with Gasteiger partial charge in [-0.15, -0.1) is 0 Å². The third kappa shape index (κ3) is 5.05. The van der Waals surface area contributed by atoms with Crippen LogP contribution in [-0.4, -0.2) is 21.8 Å². The number of aromatic nitrogens is 2. The minimum Gasteiger partial charge on any atom is -0.326 e. The van der Waals surface area contributed by atoms with Crippen LogP contribution in [0.5, 0.6) is 0 Å². The molecule has 6 heteroatoms. The van der Waals surface area contributed by atoms with Crippen LogP contribution in [0.1, 0.15) is 13.8 Å². The third-order valence-electron chi connectivity index (χ3n) is 4.72. The van der Waals surface area contributed by atoms with Gasteiger partial charge in [0.25, 0.3) is 0 Å². The van der Waals surface area contributed by atoms with Gasteiger partial charge in [0.15, 0.2) is 5.82 Å². The van der Waals surface area contributed by atoms with E-state index in [4.69, 9.17) is 9.97 Å². The lowest BCUT2D eigenvalue weighted by atomic mass is 10.1. The topological polar surface area (TPSA) is 84.0 Å². The summed E-state index contributed by atoms with van der Waals surface area (Å²) in [5, 5.41) is 5.62. The van der Waals surface area contributed by atoms with Crippen LogP contribution >= 0.6 is 0 Å². The van der Waals surface area contributed by atoms with Crippen molar-refractivity contribution in [3.8, 4) is 33.9 Å². The molecule has 0 aliphatic rings. The van der Waals surface area contributed by atoms with Gasteiger partial charge in [-0.25, -0.2) is 9.97 Å². The first-order valence-electron chi connectivity index (χ1n) is 10.2. The molecule has 0 radical (unpaired) electrons. The van der Waals surface area contributed by atoms with Crippen LogP contribution < -0.4 is 10.6 Å². The van der Waals surface area contributed by atoms with Crippen LogP contribution in [0.25, 0.3) is 33.9 Å². The number of benzene rings is 3. The van der Waals surface area contributed by atoms with Crippen molar-refractivity contribution in [1.82, 2.24) is 9.97 Å². The SMILES string of the molecule is CC(=O)Nc1cccc(-c2cc(-c3cccc(NC(C)=O)c3)nc(-c3ccccc3)n2)c1. The van der Waals surface area contributed by atoms with Crippen molar-refractivity contribution < 1.29 is 9.59 Å². The fourth-order valence-electron chi connectivity index (χ4n) is 3.38. The van der Waals surface area contributed by atoms with Crippen LogP contribution in [0, 0.1) is 0 Å². The molecule has 1 aromatic heterocycles. The first kappa shape index (κ1) is 20.9. The molecule has 2 N–H and O–H groups in total. The van der Waals surface area contributed by atoms with Crippen molar-refractivity contribution >= 4 is 23.2 Å². The summed E-state index contributed by atoms with van der Waals surface area (Å²) in [6, 6.07) is 26.8. The third-order valence-corrected chi connectivity index (χ3v) is 4.72. The van der Waals surface area contributed by atoms with Crippen LogP contribution in [0.3, 0.4) is 0 Å². The van der Waals surface area contributed by atoms with E-state index in [-0.39, 0.29) is 11.8 Å². The highest BCUT2D eigenvalue weighted by molar-refractivity contribution is 5.90. The highest BCUT2D eigenvalue weighted by Gasteiger charge is 2.12. The lowest BCUT2D eigenvalue weighted by Crippen LogP contribution is -2.06. The van der Waals surface area contributed by atoms with Crippen molar-refractivity contribution in [1.29, 1.82) is 0 Å². The lowest BCUT2D eigenvalue weighted by molar-refractivity contribution is -0.115. The molecule has 0 saturated carbocycles. The molecule has 6 nitrogen and oxygen atoms in total. The molecular formula is C26H22N4O2. The molecule has 4 rings (SSSR count). The van der Waals surface area contributed by atoms with Gasteiger partial charge in [-0.1, -0.05) is 54.6 Å². The Balaban J connectivity index is 1.85. The van der Waals surface area contributed by atoms with E-state index in [0.29, 0.717) is 17.2 Å². The molecule has 32 heavy (non-hydrogen) atoms. The highest BCUT2D eigenvalue weighted by Crippen LogP contribution is 2.29. The van der Waals surface area contributed by atoms with Crippen LogP contribution in [0.2, 0.25) is 0 Å². The number of carbonyl (C=O) groups is 2. The fraction of sp³-hybridized carbons (Fsp3) is 0.0769. The Bertz CT molecular complexity index is 1210. The number of anilines is 2. The van der Waals surface area contributed by atoms with Gasteiger partial charge >= 0.3 is 0 Å². The minimum atomic E-state index is -0.134. The Morgan fingerprint density at radius 3 is 1.53 bits per heavy atom. The predicted molar refractivity (Wildman–Crippen MR) is 127 cm³/mol. The van der Waals surface area contributed by atoms with Gasteiger partial charge in [0, 0.05) is 41.9 Å². The van der Waals surface area contributed by atoms with Gasteiger partial charge in [0.1, 0.15) is 0 Å². The van der Waals surface area contributed by atoms with Gasteiger partial charge in [-0.2, -0.15) is 0 Å². The predicted octanol–water partition coefficient (Wildman–Crippen LogP) is 5.39. The molecule has 0 aliphatic carbocycles. The molecule has 0 atom stereocenters. The average Bonchev–Trinajstić information content (AvgIpc) is 2.79. The van der Waals surface area contributed by atoms with Crippen molar-refractivity contribution in [2.24, 2.45) is 0 Å². The summed E-state index contributed by atoms with van der Waals surface area (Å²) >= 11 is 0. The second kappa shape index (κ2) is 9.22. The van der Waals surface area contributed by atoms with Gasteiger partial charge in [0.05, 0.1) is 11.4 Å². The summed E-state index contributed by atoms with van der Waals surface area (Å²) in [4.78, 5) is 32.6. The smallest absolute Gasteiger partial charge is 0.221 e. The Morgan fingerprint density at radius 1 is 0.594 bits per heavy atom. The maximum absolute atomic E-state index is 11.5. The van der Waals surface area contributed by atoms with Gasteiger partial charge in [0.2, 0.25) is 11.8 Å². The minimum absolute atomic E-state index is 0.134. The number of nitrogens with zero attached hydrogens (tertiary/aromatic N) is 2. The molecule has 0 aliphatic heterocycles. The van der Waals surface area contributed by atoms with Gasteiger partial charge in [-0.05, 0) is 30.3 Å². The Morgan fingerprint density at radius 2 is 1.06 bits per heavy atom. The van der Waals surface area contributed by atoms with E-state index in [0.717, 1.165) is 28.1 Å². The van der Waals surface area contributed by atoms with E-state index in [1.165, 1.54) is 13.8 Å². The number of nitrogens with one attached hydrogen (secondary N) is 2. The normalized spacial score (nSPS) is 10.4. The lowest BCUT2D eigenvalue weighted by Gasteiger charge is -2.11. The highest BCUT2D eigenvalue weighted by atomic mass is 16.2. The summed E-state index contributed by atoms with van der Waals surface area (Å²) in [5.41, 5.74) is 5.46. The largest absolute Gasteiger partial charge is 0.326 e. The number of rotatable bonds is 5. The number of hydrogen-bond acceptors (Lipinski definition) is 4. The van der Waals surface area contributed by atoms with E-state index >= 15 is 0 Å². The van der Waals surface area contributed by atoms with Crippen molar-refractivity contribution in [3.63, 3.8) is 0 Å². The zero-order valence-corrected chi connectivity index (χ0v) is 17.8. The van der Waals surface area contributed by atoms with E-state index in [9.17, 15) is 9.59 Å². The Kier molecular flexibility index (Phi) is 6.03. The first-order valence-corrected chi connectivity index (χ1v) is 10.2. The molecule has 0 spiro atoms. The van der Waals surface area contributed by atoms with E-state index < -0.39 is 0 Å². The monoisotopic (exact) mass is 422 g/mol. The zero-order chi connectivity index (χ0) is 22.5. The summed E-state index contributed by atoms with van der Waals surface area (Å²) < 4.78 is 0. The average molecular weight is 422 g/mol. The maximum atomic E-state index is 11.5. The van der Waals surface area contributed by atoms with Crippen molar-refractivity contribution in [3.05, 3.63) is 84.9 Å². The van der Waals surface area contributed by atoms with Crippen LogP contribution in [0.4, 0.5) is 11.4 Å². The summed E-state index contributed by atoms with van der Waals surface area (Å²) in [6.45, 7) is 2.95. The van der Waals surface area contributed by atoms with E-state index in [2.05, 4.69) is 10.6 Å². The molecule has 2 amide bonds. The van der Waals surface area contributed by atoms with E-state index in [1.54, 1.807) is 0 Å². The molecule has 1 heterocycles. The van der Waals surface area contributed by atoms with Crippen molar-refractivity contribution in [2.45, 2.75) is 13.8 Å². The molecule has 3 aromatic carbocycles. The summed E-state index contributed by atoms with van der Waals surface area (Å²) in [7, 11) is 0. The quantitative estimate of drug-likeness (QED) is 0.451. The summed E-state index contributed by atoms with van der Waals surface area (Å²) in [5.74, 6) is 0.323. The van der Waals surface area contributed by atoms with Crippen molar-refractivity contribution in [2.75, 3.05) is 10.6 Å². The molecule has 0 saturated heterocycles. The fourth-order valence-corrected chi connectivity index (χ4v) is 3.38. The standard InChI is InChI=1S/C26H22N4O2/c1-17(31)27-22-12-6-10-20(14-22)24-16-25(21-11-7-13-23(15-21)28-18(2)32)30-26(29-24)19-8-4-3-5-9-19/h3-16H,1-2H3,(H,27,31)(H,28,32). The molecular weight excluding hydrogens is 400 g/mol. The Labute approximate surface area is 186 Å². The maximum Gasteiger partial charge on any atom is 0.221 e. The molecule has 0 fully saturated rings. The number of carbonyl (C=O) groups excluding carboxylic acids is 2. The van der Waals surface area contributed by atoms with Gasteiger partial charge < -0.3 is 10.6 Å². The summed E-state index contributed by atoms with van der Waals surface area (Å²) in [6.07, 6.45) is 0. The Hall–Kier alpha value is -4.32. The molecule has 0 unspecified atom stereocenters. The van der Waals surface area contributed by atoms with Gasteiger partial charge in [-0.3, -0.25) is 9.59 Å². The number of amides is 2.